The fourth-order valence-electron chi connectivity index (χ4n) is 2.65. The monoisotopic (exact) mass is 241 g/mol. The predicted octanol–water partition coefficient (Wildman–Crippen LogP) is 0.818. The summed E-state index contributed by atoms with van der Waals surface area (Å²) in [6, 6.07) is -0.398. The van der Waals surface area contributed by atoms with Crippen LogP contribution >= 0.6 is 0 Å². The number of carbonyl (C=O) groups is 1. The second kappa shape index (κ2) is 6.97. The Morgan fingerprint density at radius 2 is 2.00 bits per heavy atom. The molecule has 1 aliphatic rings. The summed E-state index contributed by atoms with van der Waals surface area (Å²) in [5, 5.41) is 2.85. The molecule has 3 unspecified atom stereocenters. The molecule has 1 fully saturated rings. The van der Waals surface area contributed by atoms with E-state index >= 15 is 0 Å². The van der Waals surface area contributed by atoms with Gasteiger partial charge in [-0.15, -0.1) is 0 Å². The summed E-state index contributed by atoms with van der Waals surface area (Å²) >= 11 is 0. The lowest BCUT2D eigenvalue weighted by molar-refractivity contribution is -0.121. The Morgan fingerprint density at radius 1 is 1.41 bits per heavy atom. The third kappa shape index (κ3) is 5.50. The van der Waals surface area contributed by atoms with Gasteiger partial charge in [-0.1, -0.05) is 13.8 Å². The molecule has 1 aliphatic heterocycles. The first-order valence-corrected chi connectivity index (χ1v) is 6.74. The SMILES string of the molecule is CC1CC(C)CN(CCCNC(=O)C(C)N)C1. The first-order valence-electron chi connectivity index (χ1n) is 6.74. The van der Waals surface area contributed by atoms with E-state index in [1.807, 2.05) is 0 Å². The third-order valence-corrected chi connectivity index (χ3v) is 3.31. The van der Waals surface area contributed by atoms with Crippen LogP contribution in [0, 0.1) is 11.8 Å². The molecule has 0 saturated carbocycles. The van der Waals surface area contributed by atoms with Gasteiger partial charge in [0, 0.05) is 19.6 Å². The number of carbonyl (C=O) groups excluding carboxylic acids is 1. The van der Waals surface area contributed by atoms with Crippen molar-refractivity contribution in [3.8, 4) is 0 Å². The van der Waals surface area contributed by atoms with Gasteiger partial charge in [-0.25, -0.2) is 0 Å². The van der Waals surface area contributed by atoms with Crippen molar-refractivity contribution in [2.75, 3.05) is 26.2 Å². The molecular weight excluding hydrogens is 214 g/mol. The van der Waals surface area contributed by atoms with Crippen LogP contribution in [0.2, 0.25) is 0 Å². The van der Waals surface area contributed by atoms with E-state index in [0.717, 1.165) is 31.3 Å². The van der Waals surface area contributed by atoms with Crippen molar-refractivity contribution in [2.45, 2.75) is 39.7 Å². The summed E-state index contributed by atoms with van der Waals surface area (Å²) in [6.07, 6.45) is 2.36. The Kier molecular flexibility index (Phi) is 5.92. The summed E-state index contributed by atoms with van der Waals surface area (Å²) in [5.41, 5.74) is 5.47. The van der Waals surface area contributed by atoms with Crippen LogP contribution in [-0.4, -0.2) is 43.0 Å². The number of likely N-dealkylation sites (tertiary alicyclic amines) is 1. The highest BCUT2D eigenvalue weighted by Gasteiger charge is 2.21. The van der Waals surface area contributed by atoms with E-state index in [9.17, 15) is 4.79 Å². The summed E-state index contributed by atoms with van der Waals surface area (Å²) in [6.45, 7) is 10.6. The van der Waals surface area contributed by atoms with Gasteiger partial charge in [0.2, 0.25) is 5.91 Å². The third-order valence-electron chi connectivity index (χ3n) is 3.31. The van der Waals surface area contributed by atoms with Crippen LogP contribution in [-0.2, 0) is 4.79 Å². The van der Waals surface area contributed by atoms with Crippen molar-refractivity contribution >= 4 is 5.91 Å². The van der Waals surface area contributed by atoms with Crippen LogP contribution in [0.15, 0.2) is 0 Å². The lowest BCUT2D eigenvalue weighted by Gasteiger charge is -2.34. The molecule has 1 rings (SSSR count). The quantitative estimate of drug-likeness (QED) is 0.701. The van der Waals surface area contributed by atoms with Crippen LogP contribution in [0.25, 0.3) is 0 Å². The molecule has 4 nitrogen and oxygen atoms in total. The van der Waals surface area contributed by atoms with Gasteiger partial charge in [0.15, 0.2) is 0 Å². The zero-order valence-corrected chi connectivity index (χ0v) is 11.4. The Bertz CT molecular complexity index is 233. The first kappa shape index (κ1) is 14.5. The van der Waals surface area contributed by atoms with Crippen molar-refractivity contribution in [3.63, 3.8) is 0 Å². The molecule has 4 heteroatoms. The van der Waals surface area contributed by atoms with E-state index < -0.39 is 6.04 Å². The lowest BCUT2D eigenvalue weighted by atomic mass is 9.92. The van der Waals surface area contributed by atoms with E-state index in [2.05, 4.69) is 24.1 Å². The molecule has 0 aromatic heterocycles. The van der Waals surface area contributed by atoms with Gasteiger partial charge in [-0.2, -0.15) is 0 Å². The Balaban J connectivity index is 2.12. The number of nitrogens with one attached hydrogen (secondary N) is 1. The molecule has 0 radical (unpaired) electrons. The average molecular weight is 241 g/mol. The van der Waals surface area contributed by atoms with Gasteiger partial charge >= 0.3 is 0 Å². The minimum atomic E-state index is -0.398. The van der Waals surface area contributed by atoms with E-state index in [-0.39, 0.29) is 5.91 Å². The minimum absolute atomic E-state index is 0.0506. The molecule has 3 N–H and O–H groups in total. The standard InChI is InChI=1S/C13H27N3O/c1-10-7-11(2)9-16(8-10)6-4-5-15-13(17)12(3)14/h10-12H,4-9,14H2,1-3H3,(H,15,17). The number of nitrogens with zero attached hydrogens (tertiary/aromatic N) is 1. The van der Waals surface area contributed by atoms with E-state index in [4.69, 9.17) is 5.73 Å². The molecule has 1 amide bonds. The van der Waals surface area contributed by atoms with Gasteiger partial charge < -0.3 is 16.0 Å². The number of piperidine rings is 1. The van der Waals surface area contributed by atoms with E-state index in [1.54, 1.807) is 6.92 Å². The smallest absolute Gasteiger partial charge is 0.236 e. The summed E-state index contributed by atoms with van der Waals surface area (Å²) in [4.78, 5) is 13.8. The predicted molar refractivity (Wildman–Crippen MR) is 70.7 cm³/mol. The molecule has 0 aliphatic carbocycles. The number of nitrogens with two attached hydrogens (primary N) is 1. The Labute approximate surface area is 105 Å². The van der Waals surface area contributed by atoms with Gasteiger partial charge in [-0.3, -0.25) is 4.79 Å². The Morgan fingerprint density at radius 3 is 2.53 bits per heavy atom. The van der Waals surface area contributed by atoms with E-state index in [0.29, 0.717) is 0 Å². The molecule has 1 saturated heterocycles. The zero-order valence-electron chi connectivity index (χ0n) is 11.4. The maximum absolute atomic E-state index is 11.2. The highest BCUT2D eigenvalue weighted by Crippen LogP contribution is 2.20. The maximum atomic E-state index is 11.2. The van der Waals surface area contributed by atoms with Gasteiger partial charge in [-0.05, 0) is 38.1 Å². The zero-order chi connectivity index (χ0) is 12.8. The van der Waals surface area contributed by atoms with Crippen molar-refractivity contribution < 1.29 is 4.79 Å². The molecule has 0 bridgehead atoms. The highest BCUT2D eigenvalue weighted by molar-refractivity contribution is 5.80. The van der Waals surface area contributed by atoms with Crippen LogP contribution in [0.1, 0.15) is 33.6 Å². The molecule has 100 valence electrons. The molecular formula is C13H27N3O. The van der Waals surface area contributed by atoms with Crippen molar-refractivity contribution in [3.05, 3.63) is 0 Å². The van der Waals surface area contributed by atoms with Gasteiger partial charge in [0.05, 0.1) is 6.04 Å². The van der Waals surface area contributed by atoms with E-state index in [1.165, 1.54) is 19.5 Å². The number of amides is 1. The first-order chi connectivity index (χ1) is 7.99. The van der Waals surface area contributed by atoms with Crippen molar-refractivity contribution in [1.29, 1.82) is 0 Å². The van der Waals surface area contributed by atoms with Crippen LogP contribution in [0.5, 0.6) is 0 Å². The average Bonchev–Trinajstić information content (AvgIpc) is 2.22. The topological polar surface area (TPSA) is 58.4 Å². The summed E-state index contributed by atoms with van der Waals surface area (Å²) < 4.78 is 0. The van der Waals surface area contributed by atoms with Crippen molar-refractivity contribution in [1.82, 2.24) is 10.2 Å². The largest absolute Gasteiger partial charge is 0.355 e. The van der Waals surface area contributed by atoms with Crippen molar-refractivity contribution in [2.24, 2.45) is 17.6 Å². The molecule has 3 atom stereocenters. The Hall–Kier alpha value is -0.610. The summed E-state index contributed by atoms with van der Waals surface area (Å²) in [5.74, 6) is 1.56. The number of hydrogen-bond donors (Lipinski definition) is 2. The van der Waals surface area contributed by atoms with Crippen LogP contribution in [0.4, 0.5) is 0 Å². The molecule has 0 aromatic rings. The number of rotatable bonds is 5. The van der Waals surface area contributed by atoms with Crippen LogP contribution < -0.4 is 11.1 Å². The minimum Gasteiger partial charge on any atom is -0.355 e. The number of hydrogen-bond acceptors (Lipinski definition) is 3. The lowest BCUT2D eigenvalue weighted by Crippen LogP contribution is -2.42. The molecule has 0 spiro atoms. The van der Waals surface area contributed by atoms with Gasteiger partial charge in [0.25, 0.3) is 0 Å². The second-order valence-electron chi connectivity index (χ2n) is 5.64. The molecule has 1 heterocycles. The highest BCUT2D eigenvalue weighted by atomic mass is 16.2. The van der Waals surface area contributed by atoms with Crippen LogP contribution in [0.3, 0.4) is 0 Å². The normalized spacial score (nSPS) is 27.8. The maximum Gasteiger partial charge on any atom is 0.236 e. The summed E-state index contributed by atoms with van der Waals surface area (Å²) in [7, 11) is 0. The molecule has 17 heavy (non-hydrogen) atoms. The fourth-order valence-corrected chi connectivity index (χ4v) is 2.65. The molecule has 0 aromatic carbocycles. The fraction of sp³-hybridized carbons (Fsp3) is 0.923. The van der Waals surface area contributed by atoms with Gasteiger partial charge in [0.1, 0.15) is 0 Å². The second-order valence-corrected chi connectivity index (χ2v) is 5.64.